The van der Waals surface area contributed by atoms with Crippen LogP contribution < -0.4 is 0 Å². The van der Waals surface area contributed by atoms with Crippen molar-refractivity contribution in [1.29, 1.82) is 0 Å². The van der Waals surface area contributed by atoms with E-state index in [0.29, 0.717) is 11.8 Å². The average molecular weight is 224 g/mol. The molecule has 2 rings (SSSR count). The molecule has 0 aliphatic heterocycles. The molecule has 0 saturated carbocycles. The summed E-state index contributed by atoms with van der Waals surface area (Å²) in [7, 11) is 0. The van der Waals surface area contributed by atoms with Crippen LogP contribution in [0.4, 0.5) is 0 Å². The standard InChI is InChI=1S/C11H16N2OS/c1-8(2)9(7-14)5-10-6-13-3-4-15-11(13)12-10/h3-4,6,8-9,14H,5,7H2,1-2H3. The molecule has 2 heterocycles. The lowest BCUT2D eigenvalue weighted by Crippen LogP contribution is -2.16. The summed E-state index contributed by atoms with van der Waals surface area (Å²) >= 11 is 1.64. The second-order valence-electron chi connectivity index (χ2n) is 4.22. The fourth-order valence-corrected chi connectivity index (χ4v) is 2.37. The van der Waals surface area contributed by atoms with Crippen molar-refractivity contribution in [2.45, 2.75) is 20.3 Å². The molecule has 4 heteroatoms. The van der Waals surface area contributed by atoms with Crippen LogP contribution in [0.1, 0.15) is 19.5 Å². The highest BCUT2D eigenvalue weighted by Crippen LogP contribution is 2.18. The number of nitrogens with zero attached hydrogens (tertiary/aromatic N) is 2. The SMILES string of the molecule is CC(C)C(CO)Cc1cn2ccsc2n1. The molecule has 82 valence electrons. The van der Waals surface area contributed by atoms with E-state index in [1.165, 1.54) is 0 Å². The highest BCUT2D eigenvalue weighted by molar-refractivity contribution is 7.15. The third-order valence-corrected chi connectivity index (χ3v) is 3.56. The first-order chi connectivity index (χ1) is 7.20. The lowest BCUT2D eigenvalue weighted by molar-refractivity contribution is 0.188. The minimum absolute atomic E-state index is 0.239. The summed E-state index contributed by atoms with van der Waals surface area (Å²) < 4.78 is 2.04. The summed E-state index contributed by atoms with van der Waals surface area (Å²) in [6, 6.07) is 0. The van der Waals surface area contributed by atoms with Crippen LogP contribution in [0.3, 0.4) is 0 Å². The zero-order valence-electron chi connectivity index (χ0n) is 9.05. The van der Waals surface area contributed by atoms with Gasteiger partial charge in [0.1, 0.15) is 0 Å². The number of aliphatic hydroxyl groups is 1. The number of aromatic nitrogens is 2. The van der Waals surface area contributed by atoms with E-state index in [1.807, 2.05) is 16.0 Å². The van der Waals surface area contributed by atoms with Gasteiger partial charge in [-0.05, 0) is 18.3 Å². The molecule has 0 radical (unpaired) electrons. The molecular weight excluding hydrogens is 208 g/mol. The lowest BCUT2D eigenvalue weighted by atomic mass is 9.92. The van der Waals surface area contributed by atoms with Crippen LogP contribution in [0.5, 0.6) is 0 Å². The van der Waals surface area contributed by atoms with E-state index in [9.17, 15) is 5.11 Å². The number of hydrogen-bond acceptors (Lipinski definition) is 3. The second-order valence-corrected chi connectivity index (χ2v) is 5.09. The molecule has 1 unspecified atom stereocenters. The van der Waals surface area contributed by atoms with E-state index in [4.69, 9.17) is 0 Å². The maximum Gasteiger partial charge on any atom is 0.193 e. The van der Waals surface area contributed by atoms with Crippen molar-refractivity contribution < 1.29 is 5.11 Å². The van der Waals surface area contributed by atoms with E-state index in [0.717, 1.165) is 17.1 Å². The first kappa shape index (κ1) is 10.6. The summed E-state index contributed by atoms with van der Waals surface area (Å²) in [4.78, 5) is 5.55. The Hall–Kier alpha value is -0.870. The van der Waals surface area contributed by atoms with Gasteiger partial charge in [-0.2, -0.15) is 0 Å². The number of rotatable bonds is 4. The van der Waals surface area contributed by atoms with Gasteiger partial charge < -0.3 is 5.11 Å². The van der Waals surface area contributed by atoms with E-state index in [2.05, 4.69) is 25.0 Å². The van der Waals surface area contributed by atoms with Crippen molar-refractivity contribution in [3.05, 3.63) is 23.5 Å². The largest absolute Gasteiger partial charge is 0.396 e. The van der Waals surface area contributed by atoms with E-state index < -0.39 is 0 Å². The van der Waals surface area contributed by atoms with Gasteiger partial charge in [-0.15, -0.1) is 11.3 Å². The predicted octanol–water partition coefficient (Wildman–Crippen LogP) is 2.20. The molecule has 1 N–H and O–H groups in total. The van der Waals surface area contributed by atoms with E-state index in [1.54, 1.807) is 11.3 Å². The molecule has 0 aromatic carbocycles. The molecule has 0 aliphatic carbocycles. The van der Waals surface area contributed by atoms with Gasteiger partial charge in [0.15, 0.2) is 4.96 Å². The Kier molecular flexibility index (Phi) is 3.07. The van der Waals surface area contributed by atoms with Crippen LogP contribution in [-0.2, 0) is 6.42 Å². The molecule has 0 bridgehead atoms. The molecule has 15 heavy (non-hydrogen) atoms. The summed E-state index contributed by atoms with van der Waals surface area (Å²) in [6.07, 6.45) is 4.93. The van der Waals surface area contributed by atoms with Crippen molar-refractivity contribution in [2.75, 3.05) is 6.61 Å². The third kappa shape index (κ3) is 2.21. The van der Waals surface area contributed by atoms with E-state index in [-0.39, 0.29) is 6.61 Å². The fourth-order valence-electron chi connectivity index (χ4n) is 1.65. The van der Waals surface area contributed by atoms with Crippen LogP contribution in [-0.4, -0.2) is 21.1 Å². The fraction of sp³-hybridized carbons (Fsp3) is 0.545. The molecule has 0 fully saturated rings. The zero-order valence-corrected chi connectivity index (χ0v) is 9.87. The van der Waals surface area contributed by atoms with Crippen molar-refractivity contribution in [1.82, 2.24) is 9.38 Å². The first-order valence-electron chi connectivity index (χ1n) is 5.22. The third-order valence-electron chi connectivity index (χ3n) is 2.79. The zero-order chi connectivity index (χ0) is 10.8. The molecule has 2 aromatic heterocycles. The van der Waals surface area contributed by atoms with Gasteiger partial charge >= 0.3 is 0 Å². The monoisotopic (exact) mass is 224 g/mol. The van der Waals surface area contributed by atoms with Gasteiger partial charge in [-0.3, -0.25) is 4.40 Å². The van der Waals surface area contributed by atoms with Gasteiger partial charge in [-0.25, -0.2) is 4.98 Å². The molecule has 3 nitrogen and oxygen atoms in total. The van der Waals surface area contributed by atoms with Crippen LogP contribution in [0, 0.1) is 11.8 Å². The molecule has 1 atom stereocenters. The lowest BCUT2D eigenvalue weighted by Gasteiger charge is -2.16. The normalized spacial score (nSPS) is 13.9. The molecule has 0 saturated heterocycles. The van der Waals surface area contributed by atoms with Crippen molar-refractivity contribution >= 4 is 16.3 Å². The van der Waals surface area contributed by atoms with Crippen molar-refractivity contribution in [3.63, 3.8) is 0 Å². The van der Waals surface area contributed by atoms with Gasteiger partial charge in [0.25, 0.3) is 0 Å². The maximum atomic E-state index is 9.25. The van der Waals surface area contributed by atoms with E-state index >= 15 is 0 Å². The molecule has 0 amide bonds. The Balaban J connectivity index is 2.14. The van der Waals surface area contributed by atoms with Crippen LogP contribution in [0.2, 0.25) is 0 Å². The number of imidazole rings is 1. The highest BCUT2D eigenvalue weighted by atomic mass is 32.1. The topological polar surface area (TPSA) is 37.5 Å². The number of aliphatic hydroxyl groups excluding tert-OH is 1. The Labute approximate surface area is 93.4 Å². The molecule has 0 spiro atoms. The van der Waals surface area contributed by atoms with Gasteiger partial charge in [-0.1, -0.05) is 13.8 Å². The van der Waals surface area contributed by atoms with Crippen LogP contribution >= 0.6 is 11.3 Å². The minimum atomic E-state index is 0.239. The molecule has 2 aromatic rings. The van der Waals surface area contributed by atoms with Gasteiger partial charge in [0.2, 0.25) is 0 Å². The Morgan fingerprint density at radius 3 is 2.93 bits per heavy atom. The Bertz CT molecular complexity index is 404. The number of hydrogen-bond donors (Lipinski definition) is 1. The highest BCUT2D eigenvalue weighted by Gasteiger charge is 2.14. The van der Waals surface area contributed by atoms with Gasteiger partial charge in [0, 0.05) is 24.4 Å². The van der Waals surface area contributed by atoms with Crippen LogP contribution in [0.25, 0.3) is 4.96 Å². The van der Waals surface area contributed by atoms with Gasteiger partial charge in [0.05, 0.1) is 5.69 Å². The Morgan fingerprint density at radius 2 is 2.33 bits per heavy atom. The Morgan fingerprint density at radius 1 is 1.53 bits per heavy atom. The van der Waals surface area contributed by atoms with Crippen LogP contribution in [0.15, 0.2) is 17.8 Å². The minimum Gasteiger partial charge on any atom is -0.396 e. The molecule has 0 aliphatic rings. The number of thiazole rings is 1. The average Bonchev–Trinajstić information content (AvgIpc) is 2.72. The summed E-state index contributed by atoms with van der Waals surface area (Å²) in [5, 5.41) is 11.3. The summed E-state index contributed by atoms with van der Waals surface area (Å²) in [5.74, 6) is 0.810. The summed E-state index contributed by atoms with van der Waals surface area (Å²) in [5.41, 5.74) is 1.08. The smallest absolute Gasteiger partial charge is 0.193 e. The van der Waals surface area contributed by atoms with Crippen molar-refractivity contribution in [3.8, 4) is 0 Å². The maximum absolute atomic E-state index is 9.25. The first-order valence-corrected chi connectivity index (χ1v) is 6.10. The predicted molar refractivity (Wildman–Crippen MR) is 62.2 cm³/mol. The quantitative estimate of drug-likeness (QED) is 0.864. The second kappa shape index (κ2) is 4.33. The summed E-state index contributed by atoms with van der Waals surface area (Å²) in [6.45, 7) is 4.52. The number of fused-ring (bicyclic) bond motifs is 1. The molecular formula is C11H16N2OS. The van der Waals surface area contributed by atoms with Crippen molar-refractivity contribution in [2.24, 2.45) is 11.8 Å².